The lowest BCUT2D eigenvalue weighted by Gasteiger charge is -1.84. The van der Waals surface area contributed by atoms with E-state index in [-0.39, 0.29) is 0 Å². The minimum absolute atomic E-state index is 0.547. The Kier molecular flexibility index (Phi) is 1.89. The van der Waals surface area contributed by atoms with Crippen molar-refractivity contribution in [3.63, 3.8) is 0 Å². The number of hydrogen-bond acceptors (Lipinski definition) is 2. The highest BCUT2D eigenvalue weighted by molar-refractivity contribution is 5.80. The van der Waals surface area contributed by atoms with Crippen LogP contribution in [0.5, 0.6) is 0 Å². The summed E-state index contributed by atoms with van der Waals surface area (Å²) in [5.41, 5.74) is 1.17. The van der Waals surface area contributed by atoms with E-state index in [9.17, 15) is 4.79 Å². The van der Waals surface area contributed by atoms with Crippen LogP contribution in [-0.4, -0.2) is 16.4 Å². The van der Waals surface area contributed by atoms with Gasteiger partial charge in [-0.15, -0.1) is 0 Å². The topological polar surface area (TPSA) is 53.1 Å². The smallest absolute Gasteiger partial charge is 0.152 e. The molecule has 0 radical (unpaired) electrons. The van der Waals surface area contributed by atoms with E-state index in [0.717, 1.165) is 12.5 Å². The van der Waals surface area contributed by atoms with Crippen molar-refractivity contribution in [1.82, 2.24) is 4.98 Å². The van der Waals surface area contributed by atoms with Crippen LogP contribution in [0.4, 0.5) is 0 Å². The van der Waals surface area contributed by atoms with Crippen molar-refractivity contribution in [2.24, 2.45) is 0 Å². The van der Waals surface area contributed by atoms with E-state index in [4.69, 9.17) is 5.11 Å². The molecule has 3 heteroatoms. The Labute approximate surface area is 58.0 Å². The van der Waals surface area contributed by atoms with Crippen molar-refractivity contribution >= 4 is 12.4 Å². The number of aliphatic hydroxyl groups is 1. The van der Waals surface area contributed by atoms with Gasteiger partial charge in [-0.25, -0.2) is 0 Å². The maximum absolute atomic E-state index is 10.2. The number of rotatable bonds is 2. The molecule has 0 saturated carbocycles. The van der Waals surface area contributed by atoms with Gasteiger partial charge in [0.1, 0.15) is 0 Å². The first kappa shape index (κ1) is 6.61. The molecular formula is C7H7NO2. The number of aldehydes is 1. The highest BCUT2D eigenvalue weighted by Gasteiger charge is 1.95. The van der Waals surface area contributed by atoms with Gasteiger partial charge in [0.25, 0.3) is 0 Å². The Morgan fingerprint density at radius 2 is 2.40 bits per heavy atom. The maximum Gasteiger partial charge on any atom is 0.152 e. The molecule has 0 saturated heterocycles. The molecule has 10 heavy (non-hydrogen) atoms. The molecule has 2 N–H and O–H groups in total. The van der Waals surface area contributed by atoms with Gasteiger partial charge in [-0.2, -0.15) is 0 Å². The number of aliphatic hydroxyl groups excluding tert-OH is 1. The SMILES string of the molecule is O=Cc1cc[nH]c1C=CO. The summed E-state index contributed by atoms with van der Waals surface area (Å²) in [6.07, 6.45) is 4.67. The predicted octanol–water partition coefficient (Wildman–Crippen LogP) is 1.36. The van der Waals surface area contributed by atoms with Gasteiger partial charge < -0.3 is 10.1 Å². The van der Waals surface area contributed by atoms with Crippen molar-refractivity contribution in [3.8, 4) is 0 Å². The van der Waals surface area contributed by atoms with Gasteiger partial charge in [-0.1, -0.05) is 0 Å². The fourth-order valence-corrected chi connectivity index (χ4v) is 0.716. The van der Waals surface area contributed by atoms with Crippen LogP contribution in [0.15, 0.2) is 18.5 Å². The number of nitrogens with one attached hydrogen (secondary N) is 1. The van der Waals surface area contributed by atoms with E-state index in [1.165, 1.54) is 6.08 Å². The maximum atomic E-state index is 10.2. The molecule has 3 nitrogen and oxygen atoms in total. The third kappa shape index (κ3) is 1.07. The number of aromatic amines is 1. The second kappa shape index (κ2) is 2.87. The zero-order valence-corrected chi connectivity index (χ0v) is 5.24. The summed E-state index contributed by atoms with van der Waals surface area (Å²) in [6, 6.07) is 1.64. The first-order valence-electron chi connectivity index (χ1n) is 2.82. The fourth-order valence-electron chi connectivity index (χ4n) is 0.716. The Morgan fingerprint density at radius 1 is 1.60 bits per heavy atom. The van der Waals surface area contributed by atoms with Gasteiger partial charge in [0.05, 0.1) is 12.0 Å². The van der Waals surface area contributed by atoms with E-state index >= 15 is 0 Å². The molecule has 0 unspecified atom stereocenters. The largest absolute Gasteiger partial charge is 0.516 e. The zero-order valence-electron chi connectivity index (χ0n) is 5.24. The number of carbonyl (C=O) groups is 1. The summed E-state index contributed by atoms with van der Waals surface area (Å²) in [6.45, 7) is 0. The number of aromatic nitrogens is 1. The summed E-state index contributed by atoms with van der Waals surface area (Å²) >= 11 is 0. The van der Waals surface area contributed by atoms with E-state index in [1.807, 2.05) is 0 Å². The Hall–Kier alpha value is -1.51. The number of carbonyl (C=O) groups excluding carboxylic acids is 1. The van der Waals surface area contributed by atoms with Crippen LogP contribution in [0.3, 0.4) is 0 Å². The standard InChI is InChI=1S/C7H7NO2/c9-4-2-7-6(5-10)1-3-8-7/h1-5,8-9H. The third-order valence-electron chi connectivity index (χ3n) is 1.18. The van der Waals surface area contributed by atoms with Crippen molar-refractivity contribution < 1.29 is 9.90 Å². The van der Waals surface area contributed by atoms with E-state index < -0.39 is 0 Å². The second-order valence-electron chi connectivity index (χ2n) is 1.78. The molecule has 1 heterocycles. The molecule has 0 atom stereocenters. The van der Waals surface area contributed by atoms with Crippen LogP contribution in [0.2, 0.25) is 0 Å². The Balaban J connectivity index is 3.00. The molecule has 52 valence electrons. The van der Waals surface area contributed by atoms with Crippen LogP contribution in [-0.2, 0) is 0 Å². The second-order valence-corrected chi connectivity index (χ2v) is 1.78. The van der Waals surface area contributed by atoms with Crippen molar-refractivity contribution in [1.29, 1.82) is 0 Å². The van der Waals surface area contributed by atoms with Crippen LogP contribution in [0, 0.1) is 0 Å². The molecule has 0 spiro atoms. The lowest BCUT2D eigenvalue weighted by molar-refractivity contribution is 0.112. The van der Waals surface area contributed by atoms with E-state index in [2.05, 4.69) is 4.98 Å². The molecule has 1 rings (SSSR count). The summed E-state index contributed by atoms with van der Waals surface area (Å²) < 4.78 is 0. The fraction of sp³-hybridized carbons (Fsp3) is 0. The highest BCUT2D eigenvalue weighted by Crippen LogP contribution is 2.04. The van der Waals surface area contributed by atoms with Gasteiger partial charge >= 0.3 is 0 Å². The molecule has 1 aromatic rings. The van der Waals surface area contributed by atoms with Gasteiger partial charge in [0.15, 0.2) is 6.29 Å². The Bertz CT molecular complexity index is 250. The van der Waals surface area contributed by atoms with Gasteiger partial charge in [-0.05, 0) is 12.1 Å². The summed E-state index contributed by atoms with van der Waals surface area (Å²) in [7, 11) is 0. The third-order valence-corrected chi connectivity index (χ3v) is 1.18. The average molecular weight is 137 g/mol. The summed E-state index contributed by atoms with van der Waals surface area (Å²) in [4.78, 5) is 13.0. The van der Waals surface area contributed by atoms with Crippen LogP contribution in [0.1, 0.15) is 16.1 Å². The van der Waals surface area contributed by atoms with Crippen molar-refractivity contribution in [3.05, 3.63) is 29.8 Å². The van der Waals surface area contributed by atoms with Gasteiger partial charge in [-0.3, -0.25) is 4.79 Å². The summed E-state index contributed by atoms with van der Waals surface area (Å²) in [5, 5.41) is 8.34. The average Bonchev–Trinajstić information content (AvgIpc) is 2.36. The predicted molar refractivity (Wildman–Crippen MR) is 37.8 cm³/mol. The first-order chi connectivity index (χ1) is 4.88. The van der Waals surface area contributed by atoms with Crippen molar-refractivity contribution in [2.45, 2.75) is 0 Å². The van der Waals surface area contributed by atoms with E-state index in [1.54, 1.807) is 12.3 Å². The number of H-pyrrole nitrogens is 1. The molecule has 0 aromatic carbocycles. The van der Waals surface area contributed by atoms with Gasteiger partial charge in [0, 0.05) is 11.8 Å². The van der Waals surface area contributed by atoms with E-state index in [0.29, 0.717) is 11.3 Å². The molecule has 0 aliphatic heterocycles. The zero-order chi connectivity index (χ0) is 7.40. The van der Waals surface area contributed by atoms with Crippen molar-refractivity contribution in [2.75, 3.05) is 0 Å². The molecular weight excluding hydrogens is 130 g/mol. The first-order valence-corrected chi connectivity index (χ1v) is 2.82. The molecule has 0 aliphatic rings. The lowest BCUT2D eigenvalue weighted by Crippen LogP contribution is -1.79. The minimum atomic E-state index is 0.547. The number of hydrogen-bond donors (Lipinski definition) is 2. The quantitative estimate of drug-likeness (QED) is 0.477. The Morgan fingerprint density at radius 3 is 3.00 bits per heavy atom. The normalized spacial score (nSPS) is 10.4. The highest BCUT2D eigenvalue weighted by atomic mass is 16.2. The molecule has 0 amide bonds. The summed E-state index contributed by atoms with van der Waals surface area (Å²) in [5.74, 6) is 0. The monoisotopic (exact) mass is 137 g/mol. The molecule has 0 fully saturated rings. The van der Waals surface area contributed by atoms with Crippen LogP contribution >= 0.6 is 0 Å². The lowest BCUT2D eigenvalue weighted by atomic mass is 10.3. The van der Waals surface area contributed by atoms with Gasteiger partial charge in [0.2, 0.25) is 0 Å². The van der Waals surface area contributed by atoms with Crippen LogP contribution < -0.4 is 0 Å². The van der Waals surface area contributed by atoms with Crippen LogP contribution in [0.25, 0.3) is 6.08 Å². The molecule has 1 aromatic heterocycles. The minimum Gasteiger partial charge on any atom is -0.516 e. The molecule has 0 aliphatic carbocycles. The molecule has 0 bridgehead atoms.